The molecule has 27 heavy (non-hydrogen) atoms. The summed E-state index contributed by atoms with van der Waals surface area (Å²) in [5.74, 6) is 2.52. The zero-order chi connectivity index (χ0) is 19.0. The zero-order valence-electron chi connectivity index (χ0n) is 15.2. The first kappa shape index (κ1) is 16.9. The van der Waals surface area contributed by atoms with Crippen molar-refractivity contribution in [2.24, 2.45) is 0 Å². The van der Waals surface area contributed by atoms with Crippen LogP contribution in [-0.2, 0) is 0 Å². The van der Waals surface area contributed by atoms with E-state index in [-0.39, 0.29) is 5.91 Å². The maximum absolute atomic E-state index is 11.7. The van der Waals surface area contributed by atoms with Crippen LogP contribution in [0.4, 0.5) is 0 Å². The van der Waals surface area contributed by atoms with Crippen LogP contribution in [-0.4, -0.2) is 29.7 Å². The summed E-state index contributed by atoms with van der Waals surface area (Å²) in [7, 11) is 3.18. The minimum atomic E-state index is -0.0279. The van der Waals surface area contributed by atoms with Gasteiger partial charge in [0.05, 0.1) is 25.3 Å². The number of hydrogen-bond donors (Lipinski definition) is 0. The third-order valence-electron chi connectivity index (χ3n) is 4.44. The van der Waals surface area contributed by atoms with E-state index >= 15 is 0 Å². The molecule has 0 N–H and O–H groups in total. The Morgan fingerprint density at radius 3 is 2.48 bits per heavy atom. The molecule has 6 nitrogen and oxygen atoms in total. The molecular formula is C21H18N2O4. The number of ether oxygens (including phenoxy) is 3. The first-order valence-electron chi connectivity index (χ1n) is 8.41. The Morgan fingerprint density at radius 2 is 1.74 bits per heavy atom. The number of carbonyl (C=O) groups is 1. The van der Waals surface area contributed by atoms with Crippen molar-refractivity contribution in [2.75, 3.05) is 14.2 Å². The van der Waals surface area contributed by atoms with Crippen molar-refractivity contribution in [1.29, 1.82) is 0 Å². The van der Waals surface area contributed by atoms with Gasteiger partial charge in [-0.1, -0.05) is 0 Å². The molecule has 4 aromatic rings. The van der Waals surface area contributed by atoms with Crippen LogP contribution in [0.3, 0.4) is 0 Å². The summed E-state index contributed by atoms with van der Waals surface area (Å²) in [6, 6.07) is 13.0. The van der Waals surface area contributed by atoms with Crippen LogP contribution < -0.4 is 14.2 Å². The van der Waals surface area contributed by atoms with Crippen molar-refractivity contribution in [3.05, 3.63) is 54.9 Å². The summed E-state index contributed by atoms with van der Waals surface area (Å²) < 4.78 is 18.4. The summed E-state index contributed by atoms with van der Waals surface area (Å²) in [5, 5.41) is 1.75. The largest absolute Gasteiger partial charge is 0.493 e. The van der Waals surface area contributed by atoms with E-state index in [1.807, 2.05) is 36.4 Å². The lowest BCUT2D eigenvalue weighted by Crippen LogP contribution is -2.02. The number of methoxy groups -OCH3 is 2. The van der Waals surface area contributed by atoms with E-state index in [0.717, 1.165) is 21.8 Å². The van der Waals surface area contributed by atoms with E-state index in [4.69, 9.17) is 14.2 Å². The molecule has 0 unspecified atom stereocenters. The first-order chi connectivity index (χ1) is 13.1. The fourth-order valence-electron chi connectivity index (χ4n) is 3.12. The number of carbonyl (C=O) groups excluding carboxylic acids is 1. The molecule has 0 spiro atoms. The number of pyridine rings is 1. The molecular weight excluding hydrogens is 344 g/mol. The van der Waals surface area contributed by atoms with Gasteiger partial charge in [-0.3, -0.25) is 14.3 Å². The normalized spacial score (nSPS) is 10.9. The van der Waals surface area contributed by atoms with Crippen LogP contribution in [0, 0.1) is 0 Å². The average molecular weight is 362 g/mol. The Labute approximate surface area is 155 Å². The molecule has 2 heterocycles. The van der Waals surface area contributed by atoms with Gasteiger partial charge in [-0.05, 0) is 36.4 Å². The summed E-state index contributed by atoms with van der Waals surface area (Å²) in [5.41, 5.74) is 1.59. The Morgan fingerprint density at radius 1 is 0.963 bits per heavy atom. The Kier molecular flexibility index (Phi) is 4.16. The van der Waals surface area contributed by atoms with Gasteiger partial charge in [-0.2, -0.15) is 0 Å². The Hall–Kier alpha value is -3.54. The van der Waals surface area contributed by atoms with E-state index in [1.54, 1.807) is 37.2 Å². The second-order valence-electron chi connectivity index (χ2n) is 6.06. The minimum Gasteiger partial charge on any atom is -0.493 e. The lowest BCUT2D eigenvalue weighted by Gasteiger charge is -2.12. The molecule has 0 saturated carbocycles. The number of rotatable bonds is 4. The predicted octanol–water partition coefficient (Wildman–Crippen LogP) is 4.66. The lowest BCUT2D eigenvalue weighted by molar-refractivity contribution is 0.0941. The Balaban J connectivity index is 1.77. The number of hydrogen-bond acceptors (Lipinski definition) is 5. The van der Waals surface area contributed by atoms with Crippen LogP contribution in [0.25, 0.3) is 21.8 Å². The van der Waals surface area contributed by atoms with Gasteiger partial charge < -0.3 is 14.2 Å². The molecule has 0 fully saturated rings. The molecule has 0 aliphatic carbocycles. The van der Waals surface area contributed by atoms with Gasteiger partial charge >= 0.3 is 0 Å². The number of nitrogens with zero attached hydrogens (tertiary/aromatic N) is 2. The molecule has 2 aromatic heterocycles. The molecule has 136 valence electrons. The van der Waals surface area contributed by atoms with Gasteiger partial charge in [0.2, 0.25) is 5.91 Å². The monoisotopic (exact) mass is 362 g/mol. The molecule has 0 aliphatic heterocycles. The summed E-state index contributed by atoms with van der Waals surface area (Å²) in [6.07, 6.45) is 3.45. The van der Waals surface area contributed by atoms with Crippen molar-refractivity contribution in [3.63, 3.8) is 0 Å². The van der Waals surface area contributed by atoms with Gasteiger partial charge in [0.1, 0.15) is 11.5 Å². The molecule has 0 radical (unpaired) electrons. The Bertz CT molecular complexity index is 1160. The fraction of sp³-hybridized carbons (Fsp3) is 0.143. The summed E-state index contributed by atoms with van der Waals surface area (Å²) in [4.78, 5) is 16.0. The molecule has 0 amide bonds. The lowest BCUT2D eigenvalue weighted by atomic mass is 10.1. The van der Waals surface area contributed by atoms with Crippen LogP contribution >= 0.6 is 0 Å². The van der Waals surface area contributed by atoms with E-state index < -0.39 is 0 Å². The van der Waals surface area contributed by atoms with E-state index in [0.29, 0.717) is 23.0 Å². The van der Waals surface area contributed by atoms with Crippen LogP contribution in [0.5, 0.6) is 23.0 Å². The molecule has 0 atom stereocenters. The minimum absolute atomic E-state index is 0.0279. The van der Waals surface area contributed by atoms with E-state index in [1.165, 1.54) is 6.92 Å². The van der Waals surface area contributed by atoms with E-state index in [2.05, 4.69) is 4.98 Å². The smallest absolute Gasteiger partial charge is 0.227 e. The number of aromatic nitrogens is 2. The highest BCUT2D eigenvalue weighted by Gasteiger charge is 2.12. The fourth-order valence-corrected chi connectivity index (χ4v) is 3.12. The summed E-state index contributed by atoms with van der Waals surface area (Å²) in [6.45, 7) is 1.54. The molecule has 0 saturated heterocycles. The van der Waals surface area contributed by atoms with E-state index in [9.17, 15) is 4.79 Å². The molecule has 4 rings (SSSR count). The maximum atomic E-state index is 11.7. The van der Waals surface area contributed by atoms with Crippen molar-refractivity contribution in [3.8, 4) is 23.0 Å². The highest BCUT2D eigenvalue weighted by molar-refractivity contribution is 5.92. The highest BCUT2D eigenvalue weighted by atomic mass is 16.5. The third-order valence-corrected chi connectivity index (χ3v) is 4.44. The molecule has 0 aliphatic rings. The molecule has 2 aromatic carbocycles. The molecule has 6 heteroatoms. The second kappa shape index (κ2) is 6.64. The topological polar surface area (TPSA) is 62.6 Å². The second-order valence-corrected chi connectivity index (χ2v) is 6.06. The number of fused-ring (bicyclic) bond motifs is 2. The van der Waals surface area contributed by atoms with Crippen LogP contribution in [0.2, 0.25) is 0 Å². The van der Waals surface area contributed by atoms with Gasteiger partial charge in [-0.25, -0.2) is 0 Å². The number of benzene rings is 2. The first-order valence-corrected chi connectivity index (χ1v) is 8.41. The maximum Gasteiger partial charge on any atom is 0.227 e. The van der Waals surface area contributed by atoms with Crippen molar-refractivity contribution >= 4 is 27.7 Å². The van der Waals surface area contributed by atoms with Gasteiger partial charge in [0.25, 0.3) is 0 Å². The van der Waals surface area contributed by atoms with Gasteiger partial charge in [-0.15, -0.1) is 0 Å². The zero-order valence-corrected chi connectivity index (χ0v) is 15.2. The van der Waals surface area contributed by atoms with Crippen molar-refractivity contribution in [2.45, 2.75) is 6.92 Å². The average Bonchev–Trinajstić information content (AvgIpc) is 3.10. The predicted molar refractivity (Wildman–Crippen MR) is 103 cm³/mol. The van der Waals surface area contributed by atoms with Gasteiger partial charge in [0, 0.05) is 36.2 Å². The SMILES string of the molecule is COc1cc2nccc(Oc3ccc4c(ccn4C(C)=O)c3)c2cc1OC. The van der Waals surface area contributed by atoms with Crippen LogP contribution in [0.15, 0.2) is 54.9 Å². The highest BCUT2D eigenvalue weighted by Crippen LogP contribution is 2.37. The van der Waals surface area contributed by atoms with Crippen molar-refractivity contribution < 1.29 is 19.0 Å². The standard InChI is InChI=1S/C21H18N2O4/c1-13(24)23-9-7-14-10-15(4-5-18(14)23)27-19-6-8-22-17-12-21(26-3)20(25-2)11-16(17)19/h4-12H,1-3H3. The molecule has 0 bridgehead atoms. The third kappa shape index (κ3) is 2.95. The van der Waals surface area contributed by atoms with Crippen molar-refractivity contribution in [1.82, 2.24) is 9.55 Å². The summed E-state index contributed by atoms with van der Waals surface area (Å²) >= 11 is 0. The van der Waals surface area contributed by atoms with Crippen LogP contribution in [0.1, 0.15) is 11.7 Å². The quantitative estimate of drug-likeness (QED) is 0.528. The van der Waals surface area contributed by atoms with Gasteiger partial charge in [0.15, 0.2) is 11.5 Å².